The van der Waals surface area contributed by atoms with Crippen molar-refractivity contribution in [2.24, 2.45) is 0 Å². The van der Waals surface area contributed by atoms with Crippen LogP contribution in [0.3, 0.4) is 0 Å². The number of hydrogen-bond donors (Lipinski definition) is 1. The Morgan fingerprint density at radius 3 is 2.86 bits per heavy atom. The number of ketones is 1. The summed E-state index contributed by atoms with van der Waals surface area (Å²) >= 11 is 5.83. The van der Waals surface area contributed by atoms with Gasteiger partial charge < -0.3 is 10.0 Å². The highest BCUT2D eigenvalue weighted by atomic mass is 35.5. The predicted octanol–water partition coefficient (Wildman–Crippen LogP) is 3.72. The van der Waals surface area contributed by atoms with Crippen LogP contribution in [0.1, 0.15) is 29.5 Å². The Kier molecular flexibility index (Phi) is 4.81. The molecule has 144 valence electrons. The first-order chi connectivity index (χ1) is 13.4. The molecule has 6 heteroatoms. The highest BCUT2D eigenvalue weighted by Gasteiger charge is 2.50. The van der Waals surface area contributed by atoms with E-state index in [-0.39, 0.29) is 30.8 Å². The molecule has 1 heterocycles. The summed E-state index contributed by atoms with van der Waals surface area (Å²) in [5.74, 6) is -1.64. The monoisotopic (exact) mass is 399 g/mol. The zero-order valence-electron chi connectivity index (χ0n) is 15.1. The smallest absolute Gasteiger partial charge is 0.266 e. The quantitative estimate of drug-likeness (QED) is 0.779. The normalized spacial score (nSPS) is 20.7. The Morgan fingerprint density at radius 1 is 1.25 bits per heavy atom. The summed E-state index contributed by atoms with van der Waals surface area (Å²) in [6, 6.07) is 9.76. The van der Waals surface area contributed by atoms with Crippen LogP contribution in [0.5, 0.6) is 0 Å². The minimum absolute atomic E-state index is 0.0432. The molecule has 2 aromatic carbocycles. The molecule has 1 aliphatic heterocycles. The van der Waals surface area contributed by atoms with E-state index in [0.29, 0.717) is 11.3 Å². The van der Waals surface area contributed by atoms with E-state index in [2.05, 4.69) is 6.08 Å². The van der Waals surface area contributed by atoms with E-state index in [4.69, 9.17) is 11.6 Å². The van der Waals surface area contributed by atoms with Crippen LogP contribution in [-0.2, 0) is 22.4 Å². The number of halogens is 2. The summed E-state index contributed by atoms with van der Waals surface area (Å²) in [5, 5.41) is 11.0. The number of anilines is 1. The number of hydrogen-bond acceptors (Lipinski definition) is 3. The first-order valence-electron chi connectivity index (χ1n) is 9.19. The van der Waals surface area contributed by atoms with Gasteiger partial charge in [-0.2, -0.15) is 0 Å². The third-order valence-electron chi connectivity index (χ3n) is 5.40. The fourth-order valence-corrected chi connectivity index (χ4v) is 4.08. The van der Waals surface area contributed by atoms with Crippen LogP contribution in [0.15, 0.2) is 42.5 Å². The Bertz CT molecular complexity index is 983. The van der Waals surface area contributed by atoms with Crippen molar-refractivity contribution in [1.29, 1.82) is 0 Å². The Labute approximate surface area is 167 Å². The standard InChI is InChI=1S/C22H19ClFNO3/c23-17-10-14(11-18(24)13-17)4-7-20(26)22(28)8-9-25(21(22)27)19-6-5-15-2-1-3-16(15)12-19/h1,3,5-6,10-13,28H,2,4,7-9H2/t22-/m0/s1. The maximum absolute atomic E-state index is 13.4. The SMILES string of the molecule is O=C(CCc1cc(F)cc(Cl)c1)[C@@]1(O)CCN(c2ccc3c(c2)C=CC3)C1=O. The van der Waals surface area contributed by atoms with E-state index in [0.717, 1.165) is 12.0 Å². The van der Waals surface area contributed by atoms with E-state index >= 15 is 0 Å². The van der Waals surface area contributed by atoms with Gasteiger partial charge in [-0.1, -0.05) is 29.8 Å². The minimum Gasteiger partial charge on any atom is -0.373 e. The molecule has 0 spiro atoms. The number of Topliss-reactive ketones (excluding diaryl/α,β-unsaturated/α-hetero) is 1. The van der Waals surface area contributed by atoms with Gasteiger partial charge in [0.2, 0.25) is 5.60 Å². The highest BCUT2D eigenvalue weighted by Crippen LogP contribution is 2.33. The number of nitrogens with zero attached hydrogens (tertiary/aromatic N) is 1. The van der Waals surface area contributed by atoms with Gasteiger partial charge in [0, 0.05) is 30.1 Å². The minimum atomic E-state index is -2.04. The van der Waals surface area contributed by atoms with Crippen LogP contribution in [0.4, 0.5) is 10.1 Å². The summed E-state index contributed by atoms with van der Waals surface area (Å²) in [6.45, 7) is 0.273. The molecular weight excluding hydrogens is 381 g/mol. The summed E-state index contributed by atoms with van der Waals surface area (Å²) in [4.78, 5) is 27.0. The van der Waals surface area contributed by atoms with E-state index in [9.17, 15) is 19.1 Å². The Hall–Kier alpha value is -2.50. The van der Waals surface area contributed by atoms with Crippen LogP contribution in [0, 0.1) is 5.82 Å². The second kappa shape index (κ2) is 7.15. The van der Waals surface area contributed by atoms with Crippen molar-refractivity contribution in [3.63, 3.8) is 0 Å². The number of rotatable bonds is 5. The number of aryl methyl sites for hydroxylation is 1. The third-order valence-corrected chi connectivity index (χ3v) is 5.62. The van der Waals surface area contributed by atoms with Gasteiger partial charge in [-0.3, -0.25) is 9.59 Å². The molecule has 1 aliphatic carbocycles. The molecule has 1 fully saturated rings. The zero-order chi connectivity index (χ0) is 19.9. The fraction of sp³-hybridized carbons (Fsp3) is 0.273. The molecule has 1 saturated heterocycles. The lowest BCUT2D eigenvalue weighted by molar-refractivity contribution is -0.147. The van der Waals surface area contributed by atoms with Crippen LogP contribution < -0.4 is 4.90 Å². The summed E-state index contributed by atoms with van der Waals surface area (Å²) in [5.41, 5.74) is 1.43. The number of carbonyl (C=O) groups is 2. The molecule has 4 nitrogen and oxygen atoms in total. The fourth-order valence-electron chi connectivity index (χ4n) is 3.83. The molecule has 28 heavy (non-hydrogen) atoms. The van der Waals surface area contributed by atoms with Crippen molar-refractivity contribution < 1.29 is 19.1 Å². The highest BCUT2D eigenvalue weighted by molar-refractivity contribution is 6.30. The molecule has 0 bridgehead atoms. The summed E-state index contributed by atoms with van der Waals surface area (Å²) in [6.07, 6.45) is 5.11. The predicted molar refractivity (Wildman–Crippen MR) is 106 cm³/mol. The van der Waals surface area contributed by atoms with Gasteiger partial charge in [-0.05, 0) is 59.9 Å². The maximum atomic E-state index is 13.4. The molecule has 0 saturated carbocycles. The Morgan fingerprint density at radius 2 is 2.07 bits per heavy atom. The third kappa shape index (κ3) is 3.36. The lowest BCUT2D eigenvalue weighted by Crippen LogP contribution is -2.47. The lowest BCUT2D eigenvalue weighted by Gasteiger charge is -2.22. The van der Waals surface area contributed by atoms with Crippen molar-refractivity contribution in [3.05, 3.63) is 70.0 Å². The molecule has 0 radical (unpaired) electrons. The van der Waals surface area contributed by atoms with Gasteiger partial charge in [0.15, 0.2) is 5.78 Å². The van der Waals surface area contributed by atoms with E-state index < -0.39 is 23.1 Å². The van der Waals surface area contributed by atoms with E-state index in [1.807, 2.05) is 24.3 Å². The molecule has 1 N–H and O–H groups in total. The van der Waals surface area contributed by atoms with Gasteiger partial charge in [-0.25, -0.2) is 4.39 Å². The molecule has 0 unspecified atom stereocenters. The molecule has 1 atom stereocenters. The van der Waals surface area contributed by atoms with Gasteiger partial charge in [-0.15, -0.1) is 0 Å². The Balaban J connectivity index is 1.48. The average molecular weight is 400 g/mol. The summed E-state index contributed by atoms with van der Waals surface area (Å²) in [7, 11) is 0. The van der Waals surface area contributed by atoms with Crippen molar-refractivity contribution in [2.75, 3.05) is 11.4 Å². The number of amides is 1. The van der Waals surface area contributed by atoms with Crippen LogP contribution in [0.2, 0.25) is 5.02 Å². The second-order valence-electron chi connectivity index (χ2n) is 7.26. The van der Waals surface area contributed by atoms with Gasteiger partial charge in [0.1, 0.15) is 5.82 Å². The molecule has 1 amide bonds. The second-order valence-corrected chi connectivity index (χ2v) is 7.69. The number of fused-ring (bicyclic) bond motifs is 1. The molecule has 2 aliphatic rings. The van der Waals surface area contributed by atoms with E-state index in [1.54, 1.807) is 6.07 Å². The number of allylic oxidation sites excluding steroid dienone is 1. The topological polar surface area (TPSA) is 57.6 Å². The number of aliphatic hydroxyl groups is 1. The molecule has 0 aromatic heterocycles. The maximum Gasteiger partial charge on any atom is 0.266 e. The van der Waals surface area contributed by atoms with Gasteiger partial charge >= 0.3 is 0 Å². The largest absolute Gasteiger partial charge is 0.373 e. The van der Waals surface area contributed by atoms with E-state index in [1.165, 1.54) is 22.6 Å². The lowest BCUT2D eigenvalue weighted by atomic mass is 9.92. The average Bonchev–Trinajstić information content (AvgIpc) is 3.24. The van der Waals surface area contributed by atoms with Crippen molar-refractivity contribution in [3.8, 4) is 0 Å². The molecule has 2 aromatic rings. The first-order valence-corrected chi connectivity index (χ1v) is 9.57. The first kappa shape index (κ1) is 18.8. The van der Waals surface area contributed by atoms with Crippen LogP contribution >= 0.6 is 11.6 Å². The van der Waals surface area contributed by atoms with Crippen molar-refractivity contribution in [2.45, 2.75) is 31.3 Å². The van der Waals surface area contributed by atoms with Crippen molar-refractivity contribution >= 4 is 35.1 Å². The molecule has 4 rings (SSSR count). The number of carbonyl (C=O) groups excluding carboxylic acids is 2. The molecular formula is C22H19ClFNO3. The van der Waals surface area contributed by atoms with Gasteiger partial charge in [0.05, 0.1) is 0 Å². The van der Waals surface area contributed by atoms with Crippen LogP contribution in [0.25, 0.3) is 6.08 Å². The number of benzene rings is 2. The van der Waals surface area contributed by atoms with Crippen molar-refractivity contribution in [1.82, 2.24) is 0 Å². The van der Waals surface area contributed by atoms with Gasteiger partial charge in [0.25, 0.3) is 5.91 Å². The summed E-state index contributed by atoms with van der Waals surface area (Å²) < 4.78 is 13.4. The van der Waals surface area contributed by atoms with Crippen LogP contribution in [-0.4, -0.2) is 28.9 Å². The zero-order valence-corrected chi connectivity index (χ0v) is 15.9.